The van der Waals surface area contributed by atoms with Gasteiger partial charge in [0.1, 0.15) is 5.82 Å². The molecule has 0 radical (unpaired) electrons. The number of nitrogen functional groups attached to an aromatic ring is 1. The van der Waals surface area contributed by atoms with Gasteiger partial charge in [-0.1, -0.05) is 5.92 Å². The van der Waals surface area contributed by atoms with E-state index in [1.807, 2.05) is 6.92 Å². The van der Waals surface area contributed by atoms with Crippen molar-refractivity contribution in [1.82, 2.24) is 4.98 Å². The summed E-state index contributed by atoms with van der Waals surface area (Å²) in [6.07, 6.45) is 6.86. The first-order chi connectivity index (χ1) is 4.74. The van der Waals surface area contributed by atoms with Crippen LogP contribution in [-0.4, -0.2) is 4.98 Å². The summed E-state index contributed by atoms with van der Waals surface area (Å²) >= 11 is 0. The number of rotatable bonds is 0. The van der Waals surface area contributed by atoms with Gasteiger partial charge in [-0.05, 0) is 18.6 Å². The summed E-state index contributed by atoms with van der Waals surface area (Å²) in [6.45, 7) is 1.90. The van der Waals surface area contributed by atoms with Crippen molar-refractivity contribution < 1.29 is 0 Å². The van der Waals surface area contributed by atoms with Crippen LogP contribution in [0.5, 0.6) is 0 Å². The zero-order chi connectivity index (χ0) is 7.56. The van der Waals surface area contributed by atoms with Crippen LogP contribution in [0.15, 0.2) is 12.3 Å². The minimum Gasteiger partial charge on any atom is -0.384 e. The standard InChI is InChI=1S/C8H8N2/c1-3-7-4-8(9)10-5-6(7)2/h1,4-5H,2H3,(H2,9,10). The molecule has 0 saturated carbocycles. The molecule has 1 heterocycles. The van der Waals surface area contributed by atoms with E-state index < -0.39 is 0 Å². The van der Waals surface area contributed by atoms with Crippen molar-refractivity contribution in [2.24, 2.45) is 0 Å². The summed E-state index contributed by atoms with van der Waals surface area (Å²) in [4.78, 5) is 3.87. The van der Waals surface area contributed by atoms with Crippen LogP contribution in [0.1, 0.15) is 11.1 Å². The summed E-state index contributed by atoms with van der Waals surface area (Å²) in [6, 6.07) is 1.69. The van der Waals surface area contributed by atoms with Gasteiger partial charge in [-0.15, -0.1) is 6.42 Å². The molecule has 2 N–H and O–H groups in total. The van der Waals surface area contributed by atoms with Gasteiger partial charge in [0.25, 0.3) is 0 Å². The molecule has 0 atom stereocenters. The van der Waals surface area contributed by atoms with Gasteiger partial charge in [0, 0.05) is 11.8 Å². The molecule has 0 aliphatic rings. The van der Waals surface area contributed by atoms with E-state index in [1.54, 1.807) is 12.3 Å². The lowest BCUT2D eigenvalue weighted by atomic mass is 10.2. The summed E-state index contributed by atoms with van der Waals surface area (Å²) in [5.41, 5.74) is 7.19. The highest BCUT2D eigenvalue weighted by Crippen LogP contribution is 2.06. The molecule has 0 spiro atoms. The van der Waals surface area contributed by atoms with Crippen LogP contribution in [0.2, 0.25) is 0 Å². The van der Waals surface area contributed by atoms with Gasteiger partial charge in [0.15, 0.2) is 0 Å². The molecule has 50 valence electrons. The van der Waals surface area contributed by atoms with Gasteiger partial charge in [-0.2, -0.15) is 0 Å². The largest absolute Gasteiger partial charge is 0.384 e. The van der Waals surface area contributed by atoms with E-state index in [1.165, 1.54) is 0 Å². The van der Waals surface area contributed by atoms with Gasteiger partial charge in [-0.3, -0.25) is 0 Å². The molecule has 0 fully saturated rings. The Bertz CT molecular complexity index is 284. The first-order valence-electron chi connectivity index (χ1n) is 2.93. The molecule has 0 bridgehead atoms. The molecule has 2 heteroatoms. The molecule has 2 nitrogen and oxygen atoms in total. The van der Waals surface area contributed by atoms with Crippen LogP contribution in [0.25, 0.3) is 0 Å². The van der Waals surface area contributed by atoms with Gasteiger partial charge < -0.3 is 5.73 Å². The number of hydrogen-bond acceptors (Lipinski definition) is 2. The Morgan fingerprint density at radius 2 is 2.40 bits per heavy atom. The fraction of sp³-hybridized carbons (Fsp3) is 0.125. The van der Waals surface area contributed by atoms with E-state index in [0.717, 1.165) is 11.1 Å². The molecule has 0 aliphatic heterocycles. The Morgan fingerprint density at radius 1 is 1.70 bits per heavy atom. The third-order valence-corrected chi connectivity index (χ3v) is 1.28. The van der Waals surface area contributed by atoms with Crippen LogP contribution < -0.4 is 5.73 Å². The van der Waals surface area contributed by atoms with Crippen LogP contribution >= 0.6 is 0 Å². The van der Waals surface area contributed by atoms with Crippen LogP contribution in [0.4, 0.5) is 5.82 Å². The van der Waals surface area contributed by atoms with Crippen molar-refractivity contribution in [1.29, 1.82) is 0 Å². The number of aromatic nitrogens is 1. The van der Waals surface area contributed by atoms with Gasteiger partial charge >= 0.3 is 0 Å². The van der Waals surface area contributed by atoms with Gasteiger partial charge in [0.05, 0.1) is 0 Å². The lowest BCUT2D eigenvalue weighted by molar-refractivity contribution is 1.26. The number of nitrogens with zero attached hydrogens (tertiary/aromatic N) is 1. The van der Waals surface area contributed by atoms with Crippen molar-refractivity contribution >= 4 is 5.82 Å². The Morgan fingerprint density at radius 3 is 2.90 bits per heavy atom. The highest BCUT2D eigenvalue weighted by Gasteiger charge is 1.93. The van der Waals surface area contributed by atoms with Crippen LogP contribution in [-0.2, 0) is 0 Å². The number of hydrogen-bond donors (Lipinski definition) is 1. The van der Waals surface area contributed by atoms with E-state index in [0.29, 0.717) is 5.82 Å². The SMILES string of the molecule is C#Cc1cc(N)ncc1C. The van der Waals surface area contributed by atoms with E-state index >= 15 is 0 Å². The number of anilines is 1. The monoisotopic (exact) mass is 132 g/mol. The van der Waals surface area contributed by atoms with Crippen molar-refractivity contribution in [3.05, 3.63) is 23.4 Å². The predicted molar refractivity (Wildman–Crippen MR) is 41.3 cm³/mol. The lowest BCUT2D eigenvalue weighted by Crippen LogP contribution is -1.92. The third kappa shape index (κ3) is 1.08. The summed E-state index contributed by atoms with van der Waals surface area (Å²) in [7, 11) is 0. The van der Waals surface area contributed by atoms with Crippen molar-refractivity contribution in [3.63, 3.8) is 0 Å². The van der Waals surface area contributed by atoms with E-state index in [4.69, 9.17) is 12.2 Å². The maximum Gasteiger partial charge on any atom is 0.124 e. The van der Waals surface area contributed by atoms with Crippen molar-refractivity contribution in [3.8, 4) is 12.3 Å². The molecular formula is C8H8N2. The molecule has 0 aliphatic carbocycles. The molecular weight excluding hydrogens is 124 g/mol. The number of terminal acetylenes is 1. The first kappa shape index (κ1) is 6.63. The molecule has 1 aromatic heterocycles. The van der Waals surface area contributed by atoms with E-state index in [2.05, 4.69) is 10.9 Å². The molecule has 0 unspecified atom stereocenters. The van der Waals surface area contributed by atoms with Crippen LogP contribution in [0.3, 0.4) is 0 Å². The predicted octanol–water partition coefficient (Wildman–Crippen LogP) is 0.954. The Hall–Kier alpha value is -1.49. The van der Waals surface area contributed by atoms with Crippen LogP contribution in [0, 0.1) is 19.3 Å². The van der Waals surface area contributed by atoms with Crippen molar-refractivity contribution in [2.45, 2.75) is 6.92 Å². The molecule has 0 saturated heterocycles. The Balaban J connectivity index is 3.25. The number of pyridine rings is 1. The molecule has 10 heavy (non-hydrogen) atoms. The maximum absolute atomic E-state index is 5.40. The fourth-order valence-electron chi connectivity index (χ4n) is 0.695. The Kier molecular flexibility index (Phi) is 1.59. The molecule has 0 amide bonds. The minimum absolute atomic E-state index is 0.471. The average Bonchev–Trinajstić information content (AvgIpc) is 1.94. The second-order valence-corrected chi connectivity index (χ2v) is 2.07. The summed E-state index contributed by atoms with van der Waals surface area (Å²) in [5.74, 6) is 2.99. The topological polar surface area (TPSA) is 38.9 Å². The lowest BCUT2D eigenvalue weighted by Gasteiger charge is -1.96. The van der Waals surface area contributed by atoms with E-state index in [-0.39, 0.29) is 0 Å². The summed E-state index contributed by atoms with van der Waals surface area (Å²) in [5, 5.41) is 0. The first-order valence-corrected chi connectivity index (χ1v) is 2.93. The highest BCUT2D eigenvalue weighted by atomic mass is 14.8. The normalized spacial score (nSPS) is 8.80. The molecule has 1 rings (SSSR count). The number of nitrogens with two attached hydrogens (primary N) is 1. The maximum atomic E-state index is 5.40. The fourth-order valence-corrected chi connectivity index (χ4v) is 0.695. The zero-order valence-electron chi connectivity index (χ0n) is 5.76. The molecule has 0 aromatic carbocycles. The van der Waals surface area contributed by atoms with Crippen molar-refractivity contribution in [2.75, 3.05) is 5.73 Å². The average molecular weight is 132 g/mol. The second kappa shape index (κ2) is 2.40. The highest BCUT2D eigenvalue weighted by molar-refractivity contribution is 5.44. The smallest absolute Gasteiger partial charge is 0.124 e. The Labute approximate surface area is 60.1 Å². The summed E-state index contributed by atoms with van der Waals surface area (Å²) < 4.78 is 0. The van der Waals surface area contributed by atoms with Gasteiger partial charge in [0.2, 0.25) is 0 Å². The zero-order valence-corrected chi connectivity index (χ0v) is 5.76. The quantitative estimate of drug-likeness (QED) is 0.534. The number of aryl methyl sites for hydroxylation is 1. The third-order valence-electron chi connectivity index (χ3n) is 1.28. The minimum atomic E-state index is 0.471. The van der Waals surface area contributed by atoms with Gasteiger partial charge in [-0.25, -0.2) is 4.98 Å². The van der Waals surface area contributed by atoms with E-state index in [9.17, 15) is 0 Å². The second-order valence-electron chi connectivity index (χ2n) is 2.07. The molecule has 1 aromatic rings.